The minimum atomic E-state index is 0.408. The maximum absolute atomic E-state index is 4.68. The summed E-state index contributed by atoms with van der Waals surface area (Å²) < 4.78 is 1.97. The molecule has 2 aromatic rings. The van der Waals surface area contributed by atoms with E-state index in [0.29, 0.717) is 12.6 Å². The van der Waals surface area contributed by atoms with Crippen LogP contribution in [-0.2, 0) is 13.6 Å². The Morgan fingerprint density at radius 2 is 2.00 bits per heavy atom. The lowest BCUT2D eigenvalue weighted by Crippen LogP contribution is -2.48. The molecule has 27 heavy (non-hydrogen) atoms. The first-order valence-corrected chi connectivity index (χ1v) is 9.64. The van der Waals surface area contributed by atoms with E-state index < -0.39 is 0 Å². The highest BCUT2D eigenvalue weighted by Crippen LogP contribution is 2.18. The van der Waals surface area contributed by atoms with E-state index in [0.717, 1.165) is 55.9 Å². The summed E-state index contributed by atoms with van der Waals surface area (Å²) in [5.41, 5.74) is 1.19. The molecule has 2 aromatic heterocycles. The van der Waals surface area contributed by atoms with Gasteiger partial charge in [-0.15, -0.1) is 10.2 Å². The summed E-state index contributed by atoms with van der Waals surface area (Å²) in [7, 11) is 1.97. The topological polar surface area (TPSA) is 83.3 Å². The fourth-order valence-corrected chi connectivity index (χ4v) is 3.15. The molecule has 0 aliphatic carbocycles. The van der Waals surface area contributed by atoms with Crippen molar-refractivity contribution in [3.63, 3.8) is 0 Å². The van der Waals surface area contributed by atoms with Gasteiger partial charge in [0.05, 0.1) is 0 Å². The van der Waals surface area contributed by atoms with Gasteiger partial charge in [0, 0.05) is 38.9 Å². The highest BCUT2D eigenvalue weighted by molar-refractivity contribution is 5.80. The van der Waals surface area contributed by atoms with Gasteiger partial charge in [-0.1, -0.05) is 6.07 Å². The summed E-state index contributed by atoms with van der Waals surface area (Å²) in [6.07, 6.45) is 4.05. The second-order valence-corrected chi connectivity index (χ2v) is 7.02. The van der Waals surface area contributed by atoms with Crippen molar-refractivity contribution < 1.29 is 0 Å². The average Bonchev–Trinajstić information content (AvgIpc) is 3.00. The molecule has 3 heterocycles. The van der Waals surface area contributed by atoms with Gasteiger partial charge in [0.2, 0.25) is 0 Å². The van der Waals surface area contributed by atoms with Crippen LogP contribution in [0.5, 0.6) is 0 Å². The van der Waals surface area contributed by atoms with E-state index in [9.17, 15) is 0 Å². The van der Waals surface area contributed by atoms with Crippen LogP contribution in [0.2, 0.25) is 0 Å². The number of guanidine groups is 1. The fraction of sp³-hybridized carbons (Fsp3) is 0.579. The van der Waals surface area contributed by atoms with Crippen LogP contribution < -0.4 is 15.5 Å². The zero-order valence-electron chi connectivity index (χ0n) is 16.7. The Bertz CT molecular complexity index is 757. The molecule has 146 valence electrons. The largest absolute Gasteiger partial charge is 0.357 e. The maximum Gasteiger partial charge on any atom is 0.191 e. The molecular weight excluding hydrogens is 340 g/mol. The van der Waals surface area contributed by atoms with Crippen LogP contribution in [0, 0.1) is 13.8 Å². The van der Waals surface area contributed by atoms with Gasteiger partial charge in [0.1, 0.15) is 18.2 Å². The quantitative estimate of drug-likeness (QED) is 0.614. The molecule has 2 N–H and O–H groups in total. The maximum atomic E-state index is 4.68. The van der Waals surface area contributed by atoms with Crippen LogP contribution >= 0.6 is 0 Å². The van der Waals surface area contributed by atoms with Crippen molar-refractivity contribution >= 4 is 11.8 Å². The van der Waals surface area contributed by atoms with Gasteiger partial charge < -0.3 is 20.1 Å². The van der Waals surface area contributed by atoms with Crippen LogP contribution in [0.25, 0.3) is 0 Å². The van der Waals surface area contributed by atoms with Crippen molar-refractivity contribution in [2.75, 3.05) is 24.5 Å². The van der Waals surface area contributed by atoms with Crippen LogP contribution in [-0.4, -0.2) is 51.4 Å². The van der Waals surface area contributed by atoms with Crippen molar-refractivity contribution in [3.05, 3.63) is 35.5 Å². The molecule has 1 fully saturated rings. The Hall–Kier alpha value is -2.64. The Balaban J connectivity index is 1.55. The van der Waals surface area contributed by atoms with Crippen molar-refractivity contribution in [2.24, 2.45) is 12.0 Å². The van der Waals surface area contributed by atoms with E-state index in [1.807, 2.05) is 24.7 Å². The third kappa shape index (κ3) is 4.96. The lowest BCUT2D eigenvalue weighted by atomic mass is 10.1. The first-order valence-electron chi connectivity index (χ1n) is 9.64. The number of pyridine rings is 1. The van der Waals surface area contributed by atoms with Crippen LogP contribution in [0.15, 0.2) is 23.3 Å². The van der Waals surface area contributed by atoms with Gasteiger partial charge in [0.15, 0.2) is 11.8 Å². The van der Waals surface area contributed by atoms with Gasteiger partial charge in [-0.2, -0.15) is 0 Å². The number of aryl methyl sites for hydroxylation is 2. The molecule has 0 saturated carbocycles. The van der Waals surface area contributed by atoms with Gasteiger partial charge in [-0.3, -0.25) is 0 Å². The van der Waals surface area contributed by atoms with E-state index in [1.54, 1.807) is 0 Å². The van der Waals surface area contributed by atoms with Crippen LogP contribution in [0.1, 0.15) is 37.0 Å². The molecule has 8 nitrogen and oxygen atoms in total. The first-order chi connectivity index (χ1) is 13.1. The number of hydrogen-bond donors (Lipinski definition) is 2. The van der Waals surface area contributed by atoms with Crippen molar-refractivity contribution in [1.82, 2.24) is 30.4 Å². The highest BCUT2D eigenvalue weighted by atomic mass is 15.3. The summed E-state index contributed by atoms with van der Waals surface area (Å²) in [6, 6.07) is 4.64. The fourth-order valence-electron chi connectivity index (χ4n) is 3.15. The van der Waals surface area contributed by atoms with E-state index in [4.69, 9.17) is 0 Å². The van der Waals surface area contributed by atoms with Gasteiger partial charge in [-0.25, -0.2) is 9.98 Å². The Labute approximate surface area is 161 Å². The van der Waals surface area contributed by atoms with Crippen LogP contribution in [0.4, 0.5) is 5.82 Å². The molecular formula is C19H30N8. The molecule has 0 aromatic carbocycles. The SMILES string of the molecule is CCNC(=NCc1nnc(C)n1C)NC1CCN(c2ccc(C)cn2)CC1. The number of aliphatic imine (C=N–C) groups is 1. The lowest BCUT2D eigenvalue weighted by molar-refractivity contribution is 0.459. The molecule has 8 heteroatoms. The van der Waals surface area contributed by atoms with Crippen LogP contribution in [0.3, 0.4) is 0 Å². The van der Waals surface area contributed by atoms with E-state index >= 15 is 0 Å². The number of rotatable bonds is 5. The summed E-state index contributed by atoms with van der Waals surface area (Å²) in [5.74, 6) is 3.67. The number of piperidine rings is 1. The van der Waals surface area contributed by atoms with E-state index in [-0.39, 0.29) is 0 Å². The lowest BCUT2D eigenvalue weighted by Gasteiger charge is -2.33. The van der Waals surface area contributed by atoms with Gasteiger partial charge in [-0.05, 0) is 45.2 Å². The second kappa shape index (κ2) is 8.83. The summed E-state index contributed by atoms with van der Waals surface area (Å²) in [6.45, 7) is 9.42. The zero-order valence-corrected chi connectivity index (χ0v) is 16.7. The van der Waals surface area contributed by atoms with Crippen molar-refractivity contribution in [3.8, 4) is 0 Å². The first kappa shape index (κ1) is 19.1. The van der Waals surface area contributed by atoms with Crippen molar-refractivity contribution in [1.29, 1.82) is 0 Å². The zero-order chi connectivity index (χ0) is 19.2. The Kier molecular flexibility index (Phi) is 6.26. The monoisotopic (exact) mass is 370 g/mol. The third-order valence-electron chi connectivity index (χ3n) is 4.96. The number of hydrogen-bond acceptors (Lipinski definition) is 5. The molecule has 0 radical (unpaired) electrons. The predicted molar refractivity (Wildman–Crippen MR) is 108 cm³/mol. The minimum absolute atomic E-state index is 0.408. The number of nitrogens with zero attached hydrogens (tertiary/aromatic N) is 6. The van der Waals surface area contributed by atoms with E-state index in [1.165, 1.54) is 5.56 Å². The van der Waals surface area contributed by atoms with E-state index in [2.05, 4.69) is 61.7 Å². The number of anilines is 1. The Morgan fingerprint density at radius 3 is 2.59 bits per heavy atom. The normalized spacial score (nSPS) is 15.9. The predicted octanol–water partition coefficient (Wildman–Crippen LogP) is 1.55. The highest BCUT2D eigenvalue weighted by Gasteiger charge is 2.21. The van der Waals surface area contributed by atoms with Crippen molar-refractivity contribution in [2.45, 2.75) is 46.2 Å². The molecule has 0 unspecified atom stereocenters. The third-order valence-corrected chi connectivity index (χ3v) is 4.96. The molecule has 1 aliphatic rings. The minimum Gasteiger partial charge on any atom is -0.357 e. The average molecular weight is 371 g/mol. The molecule has 1 saturated heterocycles. The summed E-state index contributed by atoms with van der Waals surface area (Å²) in [5, 5.41) is 15.2. The molecule has 0 spiro atoms. The smallest absolute Gasteiger partial charge is 0.191 e. The molecule has 0 amide bonds. The number of aromatic nitrogens is 4. The Morgan fingerprint density at radius 1 is 1.22 bits per heavy atom. The molecule has 3 rings (SSSR count). The number of nitrogens with one attached hydrogen (secondary N) is 2. The summed E-state index contributed by atoms with van der Waals surface area (Å²) in [4.78, 5) is 11.6. The summed E-state index contributed by atoms with van der Waals surface area (Å²) >= 11 is 0. The standard InChI is InChI=1S/C19H30N8/c1-5-20-19(22-13-18-25-24-15(3)26(18)4)23-16-8-10-27(11-9-16)17-7-6-14(2)12-21-17/h6-7,12,16H,5,8-11,13H2,1-4H3,(H2,20,22,23). The second-order valence-electron chi connectivity index (χ2n) is 7.02. The molecule has 0 atom stereocenters. The molecule has 0 bridgehead atoms. The van der Waals surface area contributed by atoms with Gasteiger partial charge in [0.25, 0.3) is 0 Å². The molecule has 1 aliphatic heterocycles. The van der Waals surface area contributed by atoms with Gasteiger partial charge >= 0.3 is 0 Å².